The normalized spacial score (nSPS) is 11.0. The molecule has 33 heavy (non-hydrogen) atoms. The molecule has 0 atom stereocenters. The summed E-state index contributed by atoms with van der Waals surface area (Å²) in [5.41, 5.74) is 2.91. The van der Waals surface area contributed by atoms with Gasteiger partial charge < -0.3 is 20.1 Å². The number of aliphatic imine (C=N–C) groups is 1. The van der Waals surface area contributed by atoms with Gasteiger partial charge in [0.2, 0.25) is 0 Å². The minimum Gasteiger partial charge on any atom is -0.493 e. The summed E-state index contributed by atoms with van der Waals surface area (Å²) in [4.78, 5) is 4.65. The fourth-order valence-corrected chi connectivity index (χ4v) is 3.22. The summed E-state index contributed by atoms with van der Waals surface area (Å²) in [6.45, 7) is 4.16. The first-order valence-corrected chi connectivity index (χ1v) is 10.7. The number of ether oxygens (including phenoxy) is 2. The Balaban J connectivity index is 0.00000385. The molecule has 1 heterocycles. The Kier molecular flexibility index (Phi) is 10.9. The SMILES string of the molecule is CCNC(=NCCc1ccn(-c2ccc(F)cc2)n1)NCCc1ccc(OC)c(OC)c1.I. The van der Waals surface area contributed by atoms with Crippen LogP contribution >= 0.6 is 24.0 Å². The number of nitrogens with one attached hydrogen (secondary N) is 2. The lowest BCUT2D eigenvalue weighted by molar-refractivity contribution is 0.354. The van der Waals surface area contributed by atoms with Crippen molar-refractivity contribution in [2.45, 2.75) is 19.8 Å². The van der Waals surface area contributed by atoms with Crippen LogP contribution in [0.3, 0.4) is 0 Å². The molecule has 9 heteroatoms. The highest BCUT2D eigenvalue weighted by Crippen LogP contribution is 2.27. The molecule has 0 unspecified atom stereocenters. The second kappa shape index (κ2) is 13.7. The number of hydrogen-bond donors (Lipinski definition) is 2. The summed E-state index contributed by atoms with van der Waals surface area (Å²) in [6, 6.07) is 14.2. The molecule has 0 aliphatic rings. The molecular weight excluding hydrogens is 536 g/mol. The van der Waals surface area contributed by atoms with E-state index >= 15 is 0 Å². The third kappa shape index (κ3) is 7.92. The standard InChI is InChI=1S/C24H30FN5O2.HI/c1-4-26-24(27-14-11-18-5-10-22(31-2)23(17-18)32-3)28-15-12-20-13-16-30(29-20)21-8-6-19(25)7-9-21;/h5-10,13,16-17H,4,11-12,14-15H2,1-3H3,(H2,26,27,28);1H. The highest BCUT2D eigenvalue weighted by atomic mass is 127. The Morgan fingerprint density at radius 2 is 1.76 bits per heavy atom. The van der Waals surface area contributed by atoms with Crippen LogP contribution in [0.15, 0.2) is 59.7 Å². The predicted molar refractivity (Wildman–Crippen MR) is 140 cm³/mol. The molecule has 0 radical (unpaired) electrons. The van der Waals surface area contributed by atoms with Gasteiger partial charge in [0.25, 0.3) is 0 Å². The van der Waals surface area contributed by atoms with Crippen LogP contribution in [-0.2, 0) is 12.8 Å². The second-order valence-electron chi connectivity index (χ2n) is 7.10. The summed E-state index contributed by atoms with van der Waals surface area (Å²) in [6.07, 6.45) is 3.41. The van der Waals surface area contributed by atoms with Gasteiger partial charge in [-0.3, -0.25) is 4.99 Å². The van der Waals surface area contributed by atoms with Gasteiger partial charge in [-0.05, 0) is 61.4 Å². The zero-order chi connectivity index (χ0) is 22.8. The Morgan fingerprint density at radius 1 is 1.00 bits per heavy atom. The summed E-state index contributed by atoms with van der Waals surface area (Å²) in [5.74, 6) is 1.96. The van der Waals surface area contributed by atoms with Crippen LogP contribution in [-0.4, -0.2) is 49.6 Å². The minimum atomic E-state index is -0.259. The summed E-state index contributed by atoms with van der Waals surface area (Å²) in [7, 11) is 3.27. The van der Waals surface area contributed by atoms with Gasteiger partial charge in [-0.25, -0.2) is 9.07 Å². The summed E-state index contributed by atoms with van der Waals surface area (Å²) in [5, 5.41) is 11.2. The van der Waals surface area contributed by atoms with E-state index in [-0.39, 0.29) is 29.8 Å². The molecule has 0 saturated heterocycles. The zero-order valence-corrected chi connectivity index (χ0v) is 21.5. The van der Waals surface area contributed by atoms with E-state index in [1.54, 1.807) is 31.0 Å². The van der Waals surface area contributed by atoms with Crippen molar-refractivity contribution < 1.29 is 13.9 Å². The average Bonchev–Trinajstić information content (AvgIpc) is 3.28. The second-order valence-corrected chi connectivity index (χ2v) is 7.10. The number of rotatable bonds is 10. The molecule has 0 aliphatic heterocycles. The third-order valence-corrected chi connectivity index (χ3v) is 4.87. The van der Waals surface area contributed by atoms with E-state index < -0.39 is 0 Å². The average molecular weight is 567 g/mol. The first kappa shape index (κ1) is 26.4. The molecule has 0 saturated carbocycles. The van der Waals surface area contributed by atoms with Crippen LogP contribution in [0.5, 0.6) is 11.5 Å². The summed E-state index contributed by atoms with van der Waals surface area (Å²) < 4.78 is 25.5. The van der Waals surface area contributed by atoms with Crippen LogP contribution in [0.25, 0.3) is 5.69 Å². The van der Waals surface area contributed by atoms with E-state index in [9.17, 15) is 4.39 Å². The Hall–Kier alpha value is -2.82. The fourth-order valence-electron chi connectivity index (χ4n) is 3.22. The third-order valence-electron chi connectivity index (χ3n) is 4.87. The smallest absolute Gasteiger partial charge is 0.191 e. The van der Waals surface area contributed by atoms with Crippen LogP contribution in [0.1, 0.15) is 18.2 Å². The van der Waals surface area contributed by atoms with Crippen molar-refractivity contribution in [3.63, 3.8) is 0 Å². The number of halogens is 2. The van der Waals surface area contributed by atoms with E-state index in [0.29, 0.717) is 13.0 Å². The molecule has 3 rings (SSSR count). The highest BCUT2D eigenvalue weighted by Gasteiger charge is 2.06. The maximum Gasteiger partial charge on any atom is 0.191 e. The lowest BCUT2D eigenvalue weighted by Gasteiger charge is -2.12. The molecule has 2 N–H and O–H groups in total. The van der Waals surface area contributed by atoms with Gasteiger partial charge in [-0.1, -0.05) is 6.07 Å². The van der Waals surface area contributed by atoms with Gasteiger partial charge in [-0.2, -0.15) is 5.10 Å². The predicted octanol–water partition coefficient (Wildman–Crippen LogP) is 3.99. The molecular formula is C24H31FIN5O2. The van der Waals surface area contributed by atoms with Crippen molar-refractivity contribution in [3.8, 4) is 17.2 Å². The number of methoxy groups -OCH3 is 2. The molecule has 178 valence electrons. The summed E-state index contributed by atoms with van der Waals surface area (Å²) >= 11 is 0. The van der Waals surface area contributed by atoms with Gasteiger partial charge in [0.15, 0.2) is 17.5 Å². The van der Waals surface area contributed by atoms with E-state index in [1.807, 2.05) is 37.4 Å². The lowest BCUT2D eigenvalue weighted by Crippen LogP contribution is -2.38. The number of nitrogens with zero attached hydrogens (tertiary/aromatic N) is 3. The van der Waals surface area contributed by atoms with Crippen molar-refractivity contribution in [2.24, 2.45) is 4.99 Å². The fraction of sp³-hybridized carbons (Fsp3) is 0.333. The quantitative estimate of drug-likeness (QED) is 0.220. The van der Waals surface area contributed by atoms with Crippen LogP contribution < -0.4 is 20.1 Å². The van der Waals surface area contributed by atoms with Gasteiger partial charge in [0, 0.05) is 32.3 Å². The van der Waals surface area contributed by atoms with Crippen molar-refractivity contribution in [2.75, 3.05) is 33.9 Å². The number of benzene rings is 2. The topological polar surface area (TPSA) is 72.7 Å². The van der Waals surface area contributed by atoms with Crippen molar-refractivity contribution in [1.29, 1.82) is 0 Å². The first-order valence-electron chi connectivity index (χ1n) is 10.7. The van der Waals surface area contributed by atoms with E-state index in [2.05, 4.69) is 20.7 Å². The number of guanidine groups is 1. The molecule has 1 aromatic heterocycles. The molecule has 3 aromatic rings. The molecule has 0 spiro atoms. The maximum atomic E-state index is 13.1. The van der Waals surface area contributed by atoms with Crippen molar-refractivity contribution in [3.05, 3.63) is 71.8 Å². The molecule has 7 nitrogen and oxygen atoms in total. The van der Waals surface area contributed by atoms with Gasteiger partial charge >= 0.3 is 0 Å². The molecule has 0 aliphatic carbocycles. The zero-order valence-electron chi connectivity index (χ0n) is 19.2. The Bertz CT molecular complexity index is 1020. The number of aromatic nitrogens is 2. The Morgan fingerprint density at radius 3 is 2.45 bits per heavy atom. The van der Waals surface area contributed by atoms with E-state index in [0.717, 1.165) is 53.9 Å². The van der Waals surface area contributed by atoms with Crippen LogP contribution in [0.2, 0.25) is 0 Å². The highest BCUT2D eigenvalue weighted by molar-refractivity contribution is 14.0. The van der Waals surface area contributed by atoms with Crippen molar-refractivity contribution in [1.82, 2.24) is 20.4 Å². The van der Waals surface area contributed by atoms with Crippen LogP contribution in [0.4, 0.5) is 4.39 Å². The number of hydrogen-bond acceptors (Lipinski definition) is 4. The Labute approximate surface area is 211 Å². The van der Waals surface area contributed by atoms with Crippen LogP contribution in [0, 0.1) is 5.82 Å². The molecule has 2 aromatic carbocycles. The lowest BCUT2D eigenvalue weighted by atomic mass is 10.1. The van der Waals surface area contributed by atoms with E-state index in [4.69, 9.17) is 9.47 Å². The minimum absolute atomic E-state index is 0. The van der Waals surface area contributed by atoms with Gasteiger partial charge in [0.1, 0.15) is 5.82 Å². The van der Waals surface area contributed by atoms with Gasteiger partial charge in [-0.15, -0.1) is 24.0 Å². The first-order chi connectivity index (χ1) is 15.6. The monoisotopic (exact) mass is 567 g/mol. The molecule has 0 amide bonds. The van der Waals surface area contributed by atoms with Crippen molar-refractivity contribution >= 4 is 29.9 Å². The van der Waals surface area contributed by atoms with Gasteiger partial charge in [0.05, 0.1) is 25.6 Å². The molecule has 0 bridgehead atoms. The largest absolute Gasteiger partial charge is 0.493 e. The maximum absolute atomic E-state index is 13.1. The molecule has 0 fully saturated rings. The van der Waals surface area contributed by atoms with E-state index in [1.165, 1.54) is 12.1 Å².